The average Bonchev–Trinajstić information content (AvgIpc) is 2.93. The summed E-state index contributed by atoms with van der Waals surface area (Å²) in [6, 6.07) is 0.459. The van der Waals surface area contributed by atoms with Crippen molar-refractivity contribution in [1.82, 2.24) is 9.80 Å². The van der Waals surface area contributed by atoms with E-state index in [1.54, 1.807) is 0 Å². The smallest absolute Gasteiger partial charge is 0.0751 e. The van der Waals surface area contributed by atoms with Crippen LogP contribution in [0.25, 0.3) is 0 Å². The number of halogens is 1. The first-order valence-electron chi connectivity index (χ1n) is 17.6. The minimum atomic E-state index is 0.459. The minimum Gasteiger partial charge on any atom is -0.364 e. The molecule has 0 saturated carbocycles. The van der Waals surface area contributed by atoms with Gasteiger partial charge in [0.1, 0.15) is 0 Å². The number of nitrogens with zero attached hydrogens (tertiary/aromatic N) is 2. The Morgan fingerprint density at radius 2 is 0.825 bits per heavy atom. The quantitative estimate of drug-likeness (QED) is 0.0317. The number of hydrogen-bond acceptors (Lipinski definition) is 2. The molecule has 0 aromatic carbocycles. The SMILES string of the molecule is CCCCCCCCCCCCCCN(CC(CI)N(CCCCCCCCCCCCCC)C(C)=S)C(C)=S. The Morgan fingerprint density at radius 3 is 1.12 bits per heavy atom. The van der Waals surface area contributed by atoms with Crippen molar-refractivity contribution in [1.29, 1.82) is 0 Å². The van der Waals surface area contributed by atoms with Crippen molar-refractivity contribution >= 4 is 57.0 Å². The molecule has 238 valence electrons. The lowest BCUT2D eigenvalue weighted by Crippen LogP contribution is -2.48. The number of unbranched alkanes of at least 4 members (excludes halogenated alkanes) is 22. The van der Waals surface area contributed by atoms with Gasteiger partial charge in [0.15, 0.2) is 0 Å². The molecule has 0 spiro atoms. The van der Waals surface area contributed by atoms with Crippen LogP contribution in [-0.4, -0.2) is 49.9 Å². The van der Waals surface area contributed by atoms with Gasteiger partial charge in [0, 0.05) is 24.1 Å². The first-order valence-corrected chi connectivity index (χ1v) is 19.9. The van der Waals surface area contributed by atoms with E-state index in [1.165, 1.54) is 154 Å². The molecule has 0 aliphatic heterocycles. The second-order valence-corrected chi connectivity index (χ2v) is 14.3. The maximum absolute atomic E-state index is 5.73. The maximum atomic E-state index is 5.73. The lowest BCUT2D eigenvalue weighted by Gasteiger charge is -2.36. The Hall–Kier alpha value is 0.510. The van der Waals surface area contributed by atoms with E-state index < -0.39 is 0 Å². The molecule has 0 aromatic rings. The summed E-state index contributed by atoms with van der Waals surface area (Å²) in [6.45, 7) is 12.0. The summed E-state index contributed by atoms with van der Waals surface area (Å²) in [5.74, 6) is 0. The monoisotopic (exact) mass is 708 g/mol. The van der Waals surface area contributed by atoms with E-state index in [-0.39, 0.29) is 0 Å². The first-order chi connectivity index (χ1) is 19.5. The van der Waals surface area contributed by atoms with Gasteiger partial charge in [-0.25, -0.2) is 0 Å². The van der Waals surface area contributed by atoms with Crippen LogP contribution in [0.1, 0.15) is 182 Å². The van der Waals surface area contributed by atoms with Crippen molar-refractivity contribution in [2.45, 2.75) is 188 Å². The highest BCUT2D eigenvalue weighted by Crippen LogP contribution is 2.16. The van der Waals surface area contributed by atoms with Gasteiger partial charge in [0.25, 0.3) is 0 Å². The molecule has 0 saturated heterocycles. The molecule has 0 rings (SSSR count). The third kappa shape index (κ3) is 25.0. The lowest BCUT2D eigenvalue weighted by atomic mass is 10.0. The van der Waals surface area contributed by atoms with Gasteiger partial charge in [0.05, 0.1) is 16.0 Å². The first kappa shape index (κ1) is 40.5. The van der Waals surface area contributed by atoms with Crippen LogP contribution in [0, 0.1) is 0 Å². The molecule has 0 aliphatic carbocycles. The van der Waals surface area contributed by atoms with Gasteiger partial charge in [-0.15, -0.1) is 0 Å². The van der Waals surface area contributed by atoms with Crippen LogP contribution >= 0.6 is 47.0 Å². The second-order valence-electron chi connectivity index (χ2n) is 12.3. The third-order valence-electron chi connectivity index (χ3n) is 8.43. The van der Waals surface area contributed by atoms with E-state index in [1.807, 2.05) is 0 Å². The molecule has 0 aliphatic rings. The predicted octanol–water partition coefficient (Wildman–Crippen LogP) is 12.5. The summed E-state index contributed by atoms with van der Waals surface area (Å²) in [5.41, 5.74) is 0. The highest BCUT2D eigenvalue weighted by molar-refractivity contribution is 14.1. The van der Waals surface area contributed by atoms with E-state index in [2.05, 4.69) is 60.1 Å². The molecule has 0 amide bonds. The Balaban J connectivity index is 4.13. The third-order valence-corrected chi connectivity index (χ3v) is 9.94. The van der Waals surface area contributed by atoms with Gasteiger partial charge in [-0.1, -0.05) is 202 Å². The second kappa shape index (κ2) is 31.0. The molecular weight excluding hydrogens is 639 g/mol. The molecule has 1 unspecified atom stereocenters. The van der Waals surface area contributed by atoms with E-state index in [9.17, 15) is 0 Å². The zero-order valence-electron chi connectivity index (χ0n) is 27.5. The molecule has 1 atom stereocenters. The molecular formula is C35H69IN2S2. The standard InChI is InChI=1S/C35H69IN2S2/c1-5-7-9-11-13-15-17-19-21-23-25-27-29-37(33(3)39)32-35(31-36)38(34(4)40)30-28-26-24-22-20-18-16-14-12-10-8-6-2/h35H,5-32H2,1-4H3. The molecule has 0 aromatic heterocycles. The molecule has 5 heteroatoms. The van der Waals surface area contributed by atoms with Crippen LogP contribution in [-0.2, 0) is 0 Å². The molecule has 0 bridgehead atoms. The molecule has 2 nitrogen and oxygen atoms in total. The largest absolute Gasteiger partial charge is 0.364 e. The molecule has 0 N–H and O–H groups in total. The van der Waals surface area contributed by atoms with Gasteiger partial charge < -0.3 is 9.80 Å². The van der Waals surface area contributed by atoms with Gasteiger partial charge in [0.2, 0.25) is 0 Å². The van der Waals surface area contributed by atoms with E-state index >= 15 is 0 Å². The summed E-state index contributed by atoms with van der Waals surface area (Å²) in [5, 5.41) is 0. The van der Waals surface area contributed by atoms with E-state index in [0.717, 1.165) is 34.0 Å². The number of alkyl halides is 1. The van der Waals surface area contributed by atoms with Crippen LogP contribution in [0.5, 0.6) is 0 Å². The summed E-state index contributed by atoms with van der Waals surface area (Å²) in [7, 11) is 0. The summed E-state index contributed by atoms with van der Waals surface area (Å²) in [6.07, 6.45) is 33.5. The minimum absolute atomic E-state index is 0.459. The average molecular weight is 709 g/mol. The van der Waals surface area contributed by atoms with Crippen LogP contribution in [0.15, 0.2) is 0 Å². The summed E-state index contributed by atoms with van der Waals surface area (Å²) < 4.78 is 1.10. The Labute approximate surface area is 277 Å². The Bertz CT molecular complexity index is 572. The lowest BCUT2D eigenvalue weighted by molar-refractivity contribution is 0.266. The van der Waals surface area contributed by atoms with Crippen molar-refractivity contribution in [2.75, 3.05) is 24.1 Å². The van der Waals surface area contributed by atoms with Crippen molar-refractivity contribution in [3.63, 3.8) is 0 Å². The highest BCUT2D eigenvalue weighted by Gasteiger charge is 2.21. The molecule has 0 heterocycles. The Morgan fingerprint density at radius 1 is 0.500 bits per heavy atom. The fourth-order valence-corrected chi connectivity index (χ4v) is 6.89. The predicted molar refractivity (Wildman–Crippen MR) is 200 cm³/mol. The molecule has 0 radical (unpaired) electrons. The number of rotatable bonds is 30. The summed E-state index contributed by atoms with van der Waals surface area (Å²) >= 11 is 14.0. The van der Waals surface area contributed by atoms with Crippen LogP contribution < -0.4 is 0 Å². The van der Waals surface area contributed by atoms with Gasteiger partial charge in [-0.3, -0.25) is 0 Å². The van der Waals surface area contributed by atoms with Crippen molar-refractivity contribution in [3.05, 3.63) is 0 Å². The van der Waals surface area contributed by atoms with Crippen LogP contribution in [0.3, 0.4) is 0 Å². The van der Waals surface area contributed by atoms with Crippen molar-refractivity contribution in [2.24, 2.45) is 0 Å². The van der Waals surface area contributed by atoms with Crippen molar-refractivity contribution < 1.29 is 0 Å². The van der Waals surface area contributed by atoms with Crippen LogP contribution in [0.2, 0.25) is 0 Å². The topological polar surface area (TPSA) is 6.48 Å². The van der Waals surface area contributed by atoms with E-state index in [0.29, 0.717) is 6.04 Å². The molecule has 40 heavy (non-hydrogen) atoms. The van der Waals surface area contributed by atoms with Gasteiger partial charge in [-0.05, 0) is 26.7 Å². The fourth-order valence-electron chi connectivity index (χ4n) is 5.73. The Kier molecular flexibility index (Phi) is 31.3. The van der Waals surface area contributed by atoms with Crippen LogP contribution in [0.4, 0.5) is 0 Å². The van der Waals surface area contributed by atoms with E-state index in [4.69, 9.17) is 24.4 Å². The van der Waals surface area contributed by atoms with Gasteiger partial charge in [-0.2, -0.15) is 0 Å². The zero-order valence-corrected chi connectivity index (χ0v) is 31.3. The number of hydrogen-bond donors (Lipinski definition) is 0. The highest BCUT2D eigenvalue weighted by atomic mass is 127. The fraction of sp³-hybridized carbons (Fsp3) is 0.943. The van der Waals surface area contributed by atoms with Crippen molar-refractivity contribution in [3.8, 4) is 0 Å². The summed E-state index contributed by atoms with van der Waals surface area (Å²) in [4.78, 5) is 7.07. The maximum Gasteiger partial charge on any atom is 0.0751 e. The van der Waals surface area contributed by atoms with Gasteiger partial charge >= 0.3 is 0 Å². The number of thiocarbonyl (C=S) groups is 2. The normalized spacial score (nSPS) is 12.0. The molecule has 0 fully saturated rings. The zero-order chi connectivity index (χ0) is 29.7.